The molecule has 0 saturated carbocycles. The van der Waals surface area contributed by atoms with Gasteiger partial charge in [0.05, 0.1) is 22.3 Å². The molecule has 0 aliphatic carbocycles. The van der Waals surface area contributed by atoms with E-state index in [0.717, 1.165) is 12.8 Å². The number of benzene rings is 1. The second-order valence-electron chi connectivity index (χ2n) is 7.43. The summed E-state index contributed by atoms with van der Waals surface area (Å²) in [5.74, 6) is -0.508. The van der Waals surface area contributed by atoms with Crippen LogP contribution in [0.4, 0.5) is 15.0 Å². The number of hydrogen-bond acceptors (Lipinski definition) is 6. The molecule has 2 aromatic rings. The zero-order valence-electron chi connectivity index (χ0n) is 15.9. The van der Waals surface area contributed by atoms with E-state index in [-0.39, 0.29) is 27.8 Å². The predicted molar refractivity (Wildman–Crippen MR) is 109 cm³/mol. The lowest BCUT2D eigenvalue weighted by Gasteiger charge is -2.40. The molecule has 2 atom stereocenters. The zero-order chi connectivity index (χ0) is 21.1. The maximum absolute atomic E-state index is 14.9. The number of hydrogen-bond donors (Lipinski definition) is 1. The first-order valence-electron chi connectivity index (χ1n) is 9.29. The van der Waals surface area contributed by atoms with Gasteiger partial charge in [0.15, 0.2) is 5.82 Å². The van der Waals surface area contributed by atoms with Crippen LogP contribution in [0.15, 0.2) is 15.7 Å². The van der Waals surface area contributed by atoms with E-state index < -0.39 is 26.9 Å². The van der Waals surface area contributed by atoms with Crippen molar-refractivity contribution in [2.75, 3.05) is 23.7 Å². The summed E-state index contributed by atoms with van der Waals surface area (Å²) in [4.78, 5) is 23.3. The van der Waals surface area contributed by atoms with Crippen molar-refractivity contribution in [3.05, 3.63) is 21.9 Å². The van der Waals surface area contributed by atoms with Crippen molar-refractivity contribution >= 4 is 48.6 Å². The smallest absolute Gasteiger partial charge is 0.407 e. The van der Waals surface area contributed by atoms with E-state index >= 15 is 0 Å². The molecule has 29 heavy (non-hydrogen) atoms. The largest absolute Gasteiger partial charge is 0.465 e. The summed E-state index contributed by atoms with van der Waals surface area (Å²) in [6.07, 6.45) is 0.510. The number of carbonyl (C=O) groups is 1. The van der Waals surface area contributed by atoms with Gasteiger partial charge in [0.2, 0.25) is 15.0 Å². The molecule has 156 valence electrons. The summed E-state index contributed by atoms with van der Waals surface area (Å²) in [6, 6.07) is 1.20. The number of halogens is 2. The Bertz CT molecular complexity index is 1110. The molecule has 3 heterocycles. The summed E-state index contributed by atoms with van der Waals surface area (Å²) >= 11 is 3.16. The monoisotopic (exact) mass is 486 g/mol. The van der Waals surface area contributed by atoms with Gasteiger partial charge < -0.3 is 10.0 Å². The van der Waals surface area contributed by atoms with Crippen LogP contribution in [0.2, 0.25) is 0 Å². The molecule has 2 unspecified atom stereocenters. The van der Waals surface area contributed by atoms with Gasteiger partial charge >= 0.3 is 6.09 Å². The zero-order valence-corrected chi connectivity index (χ0v) is 18.3. The fraction of sp³-hybridized carbons (Fsp3) is 0.500. The van der Waals surface area contributed by atoms with Crippen LogP contribution < -0.4 is 4.90 Å². The first-order chi connectivity index (χ1) is 13.6. The number of carboxylic acid groups (broad SMARTS) is 1. The Hall–Kier alpha value is -2.01. The second-order valence-corrected chi connectivity index (χ2v) is 10.5. The Morgan fingerprint density at radius 2 is 1.93 bits per heavy atom. The lowest BCUT2D eigenvalue weighted by atomic mass is 10.1. The van der Waals surface area contributed by atoms with Gasteiger partial charge in [0, 0.05) is 18.5 Å². The van der Waals surface area contributed by atoms with Crippen molar-refractivity contribution < 1.29 is 22.7 Å². The molecular weight excluding hydrogens is 467 g/mol. The van der Waals surface area contributed by atoms with Crippen LogP contribution in [0, 0.1) is 12.7 Å². The Balaban J connectivity index is 1.92. The minimum Gasteiger partial charge on any atom is -0.465 e. The van der Waals surface area contributed by atoms with Crippen molar-refractivity contribution in [2.45, 2.75) is 43.9 Å². The molecule has 2 bridgehead atoms. The maximum Gasteiger partial charge on any atom is 0.407 e. The van der Waals surface area contributed by atoms with Crippen LogP contribution in [-0.2, 0) is 9.84 Å². The summed E-state index contributed by atoms with van der Waals surface area (Å²) in [5.41, 5.74) is 0.652. The van der Waals surface area contributed by atoms with Crippen molar-refractivity contribution in [3.63, 3.8) is 0 Å². The van der Waals surface area contributed by atoms with Gasteiger partial charge in [-0.1, -0.05) is 6.92 Å². The van der Waals surface area contributed by atoms with Gasteiger partial charge in [-0.25, -0.2) is 27.6 Å². The number of amides is 1. The highest BCUT2D eigenvalue weighted by molar-refractivity contribution is 9.10. The number of nitrogens with zero attached hydrogens (tertiary/aromatic N) is 4. The van der Waals surface area contributed by atoms with E-state index in [1.807, 2.05) is 4.90 Å². The Morgan fingerprint density at radius 1 is 1.31 bits per heavy atom. The van der Waals surface area contributed by atoms with Crippen LogP contribution in [0.3, 0.4) is 0 Å². The molecule has 8 nitrogen and oxygen atoms in total. The number of rotatable bonds is 3. The minimum atomic E-state index is -3.76. The van der Waals surface area contributed by atoms with E-state index in [0.29, 0.717) is 29.9 Å². The fourth-order valence-corrected chi connectivity index (χ4v) is 5.52. The molecule has 1 aromatic carbocycles. The fourth-order valence-electron chi connectivity index (χ4n) is 4.27. The van der Waals surface area contributed by atoms with Gasteiger partial charge in [-0.2, -0.15) is 0 Å². The Labute approximate surface area is 175 Å². The number of anilines is 1. The molecule has 11 heteroatoms. The average Bonchev–Trinajstić information content (AvgIpc) is 2.95. The van der Waals surface area contributed by atoms with Gasteiger partial charge in [0.25, 0.3) is 0 Å². The molecule has 1 aromatic heterocycles. The molecule has 2 aliphatic heterocycles. The van der Waals surface area contributed by atoms with Crippen LogP contribution >= 0.6 is 15.9 Å². The number of sulfone groups is 1. The topological polar surface area (TPSA) is 104 Å². The van der Waals surface area contributed by atoms with E-state index in [4.69, 9.17) is 0 Å². The number of aryl methyl sites for hydroxylation is 1. The van der Waals surface area contributed by atoms with Gasteiger partial charge in [-0.05, 0) is 47.3 Å². The molecule has 1 amide bonds. The lowest BCUT2D eigenvalue weighted by molar-refractivity contribution is 0.114. The van der Waals surface area contributed by atoms with E-state index in [9.17, 15) is 22.7 Å². The number of piperazine rings is 1. The normalized spacial score (nSPS) is 21.8. The lowest BCUT2D eigenvalue weighted by Crippen LogP contribution is -2.55. The summed E-state index contributed by atoms with van der Waals surface area (Å²) in [5, 5.41) is 9.53. The highest BCUT2D eigenvalue weighted by Crippen LogP contribution is 2.38. The number of fused-ring (bicyclic) bond motifs is 3. The van der Waals surface area contributed by atoms with Crippen LogP contribution in [0.25, 0.3) is 10.9 Å². The van der Waals surface area contributed by atoms with Crippen LogP contribution in [0.5, 0.6) is 0 Å². The predicted octanol–water partition coefficient (Wildman–Crippen LogP) is 2.96. The van der Waals surface area contributed by atoms with Crippen LogP contribution in [-0.4, -0.2) is 65.4 Å². The third-order valence-corrected chi connectivity index (χ3v) is 7.76. The minimum absolute atomic E-state index is 0.0538. The van der Waals surface area contributed by atoms with Gasteiger partial charge in [0.1, 0.15) is 11.3 Å². The molecule has 0 spiro atoms. The van der Waals surface area contributed by atoms with Gasteiger partial charge in [-0.3, -0.25) is 4.90 Å². The third-order valence-electron chi connectivity index (χ3n) is 5.69. The Kier molecular flexibility index (Phi) is 4.93. The molecule has 0 radical (unpaired) electrons. The van der Waals surface area contributed by atoms with E-state index in [1.54, 1.807) is 13.0 Å². The van der Waals surface area contributed by atoms with Crippen LogP contribution in [0.1, 0.15) is 25.3 Å². The quantitative estimate of drug-likeness (QED) is 0.664. The average molecular weight is 487 g/mol. The van der Waals surface area contributed by atoms with Gasteiger partial charge in [-0.15, -0.1) is 0 Å². The third kappa shape index (κ3) is 3.24. The molecular formula is C18H20BrFN4O4S. The molecule has 2 fully saturated rings. The first-order valence-corrected chi connectivity index (χ1v) is 11.7. The van der Waals surface area contributed by atoms with E-state index in [2.05, 4.69) is 25.9 Å². The van der Waals surface area contributed by atoms with E-state index in [1.165, 1.54) is 11.8 Å². The molecule has 4 rings (SSSR count). The first kappa shape index (κ1) is 20.3. The summed E-state index contributed by atoms with van der Waals surface area (Å²) < 4.78 is 40.1. The highest BCUT2D eigenvalue weighted by atomic mass is 79.9. The molecule has 2 saturated heterocycles. The maximum atomic E-state index is 14.9. The van der Waals surface area contributed by atoms with Crippen molar-refractivity contribution in [2.24, 2.45) is 0 Å². The summed E-state index contributed by atoms with van der Waals surface area (Å²) in [7, 11) is -3.76. The Morgan fingerprint density at radius 3 is 2.48 bits per heavy atom. The van der Waals surface area contributed by atoms with Crippen molar-refractivity contribution in [1.29, 1.82) is 0 Å². The highest BCUT2D eigenvalue weighted by Gasteiger charge is 2.43. The molecule has 2 aliphatic rings. The van der Waals surface area contributed by atoms with Crippen molar-refractivity contribution in [3.8, 4) is 0 Å². The summed E-state index contributed by atoms with van der Waals surface area (Å²) in [6.45, 7) is 4.02. The second kappa shape index (κ2) is 7.05. The standard InChI is InChI=1S/C18H20BrFN4O4S/c1-3-29(27,28)17-21-15-13(9(2)6-12(19)14(15)20)16(22-17)23-7-10-4-5-11(8-23)24(10)18(25)26/h6,10-11H,3-5,7-8H2,1-2H3,(H,25,26). The SMILES string of the molecule is CCS(=O)(=O)c1nc(N2CC3CCC(C2)N3C(=O)O)c2c(C)cc(Br)c(F)c2n1. The van der Waals surface area contributed by atoms with Crippen molar-refractivity contribution in [1.82, 2.24) is 14.9 Å². The number of aromatic nitrogens is 2. The molecule has 1 N–H and O–H groups in total.